The van der Waals surface area contributed by atoms with E-state index in [4.69, 9.17) is 4.74 Å². The van der Waals surface area contributed by atoms with Crippen LogP contribution in [0.2, 0.25) is 0 Å². The van der Waals surface area contributed by atoms with E-state index in [1.165, 1.54) is 6.08 Å². The maximum atomic E-state index is 12.5. The summed E-state index contributed by atoms with van der Waals surface area (Å²) in [5.41, 5.74) is 2.74. The molecule has 174 valence electrons. The molecule has 0 spiro atoms. The maximum absolute atomic E-state index is 12.5. The molecule has 2 aromatic heterocycles. The van der Waals surface area contributed by atoms with Gasteiger partial charge in [0, 0.05) is 50.3 Å². The van der Waals surface area contributed by atoms with Gasteiger partial charge in [-0.05, 0) is 49.6 Å². The number of amides is 1. The van der Waals surface area contributed by atoms with Crippen LogP contribution in [0.4, 0.5) is 5.82 Å². The summed E-state index contributed by atoms with van der Waals surface area (Å²) in [6, 6.07) is 9.60. The van der Waals surface area contributed by atoms with Crippen molar-refractivity contribution in [3.05, 3.63) is 53.0 Å². The molecular weight excluding hydrogens is 418 g/mol. The second-order valence-electron chi connectivity index (χ2n) is 8.63. The molecule has 0 aromatic carbocycles. The highest BCUT2D eigenvalue weighted by Crippen LogP contribution is 2.20. The summed E-state index contributed by atoms with van der Waals surface area (Å²) >= 11 is 0. The highest BCUT2D eigenvalue weighted by molar-refractivity contribution is 5.99. The number of pyridine rings is 1. The van der Waals surface area contributed by atoms with Gasteiger partial charge in [-0.1, -0.05) is 19.9 Å². The molecule has 1 fully saturated rings. The molecule has 1 aliphatic rings. The van der Waals surface area contributed by atoms with E-state index in [9.17, 15) is 14.9 Å². The average molecular weight is 450 g/mol. The number of carbonyl (C=O) groups excluding carboxylic acids is 2. The largest absolute Gasteiger partial charge is 0.451 e. The smallest absolute Gasteiger partial charge is 0.349 e. The minimum absolute atomic E-state index is 0.118. The topological polar surface area (TPSA) is 91.5 Å². The molecule has 1 aliphatic heterocycles. The van der Waals surface area contributed by atoms with Gasteiger partial charge in [0.05, 0.1) is 0 Å². The highest BCUT2D eigenvalue weighted by atomic mass is 16.5. The molecule has 0 N–H and O–H groups in total. The molecule has 33 heavy (non-hydrogen) atoms. The van der Waals surface area contributed by atoms with Crippen LogP contribution in [0.3, 0.4) is 0 Å². The predicted octanol–water partition coefficient (Wildman–Crippen LogP) is 2.95. The van der Waals surface area contributed by atoms with Gasteiger partial charge in [-0.2, -0.15) is 5.26 Å². The van der Waals surface area contributed by atoms with E-state index in [0.29, 0.717) is 32.1 Å². The maximum Gasteiger partial charge on any atom is 0.349 e. The number of hydrogen-bond acceptors (Lipinski definition) is 6. The summed E-state index contributed by atoms with van der Waals surface area (Å²) in [5, 5.41) is 9.49. The lowest BCUT2D eigenvalue weighted by Crippen LogP contribution is -2.50. The van der Waals surface area contributed by atoms with E-state index < -0.39 is 5.97 Å². The zero-order valence-electron chi connectivity index (χ0n) is 19.7. The molecule has 0 radical (unpaired) electrons. The Labute approximate surface area is 195 Å². The third-order valence-corrected chi connectivity index (χ3v) is 5.73. The lowest BCUT2D eigenvalue weighted by molar-refractivity contribution is -0.148. The SMILES string of the molecule is Cc1cc(/C=C(\C#N)C(=O)OCC(=O)N2CCN(c3ccccn3)CC2)c(C)n1CC(C)C. The van der Waals surface area contributed by atoms with Crippen molar-refractivity contribution >= 4 is 23.8 Å². The molecular formula is C25H31N5O3. The number of ether oxygens (including phenoxy) is 1. The lowest BCUT2D eigenvalue weighted by Gasteiger charge is -2.35. The zero-order valence-corrected chi connectivity index (χ0v) is 19.7. The molecule has 1 saturated heterocycles. The van der Waals surface area contributed by atoms with E-state index >= 15 is 0 Å². The quantitative estimate of drug-likeness (QED) is 0.367. The molecule has 2 aromatic rings. The number of nitrogens with zero attached hydrogens (tertiary/aromatic N) is 5. The van der Waals surface area contributed by atoms with Crippen LogP contribution in [-0.2, 0) is 20.9 Å². The van der Waals surface area contributed by atoms with Crippen molar-refractivity contribution in [1.82, 2.24) is 14.5 Å². The molecule has 0 unspecified atom stereocenters. The fraction of sp³-hybridized carbons (Fsp3) is 0.440. The molecule has 0 atom stereocenters. The fourth-order valence-corrected chi connectivity index (χ4v) is 3.93. The Balaban J connectivity index is 1.56. The minimum atomic E-state index is -0.786. The Hall–Kier alpha value is -3.60. The number of nitriles is 1. The van der Waals surface area contributed by atoms with Crippen LogP contribution in [0.1, 0.15) is 30.8 Å². The summed E-state index contributed by atoms with van der Waals surface area (Å²) in [7, 11) is 0. The van der Waals surface area contributed by atoms with Gasteiger partial charge in [-0.3, -0.25) is 4.79 Å². The Morgan fingerprint density at radius 1 is 1.21 bits per heavy atom. The molecule has 1 amide bonds. The number of anilines is 1. The second kappa shape index (κ2) is 10.8. The Kier molecular flexibility index (Phi) is 7.88. The zero-order chi connectivity index (χ0) is 24.0. The van der Waals surface area contributed by atoms with Crippen molar-refractivity contribution in [1.29, 1.82) is 5.26 Å². The van der Waals surface area contributed by atoms with E-state index in [2.05, 4.69) is 28.3 Å². The molecule has 0 bridgehead atoms. The molecule has 3 heterocycles. The van der Waals surface area contributed by atoms with Crippen molar-refractivity contribution in [3.63, 3.8) is 0 Å². The number of aromatic nitrogens is 2. The summed E-state index contributed by atoms with van der Waals surface area (Å²) in [5.74, 6) is 0.305. The summed E-state index contributed by atoms with van der Waals surface area (Å²) in [4.78, 5) is 33.1. The monoisotopic (exact) mass is 449 g/mol. The van der Waals surface area contributed by atoms with Crippen LogP contribution in [0.25, 0.3) is 6.08 Å². The molecule has 0 aliphatic carbocycles. The van der Waals surface area contributed by atoms with E-state index in [1.54, 1.807) is 11.1 Å². The van der Waals surface area contributed by atoms with Crippen LogP contribution in [0.5, 0.6) is 0 Å². The van der Waals surface area contributed by atoms with Gasteiger partial charge in [0.2, 0.25) is 0 Å². The van der Waals surface area contributed by atoms with Gasteiger partial charge < -0.3 is 19.1 Å². The van der Waals surface area contributed by atoms with Gasteiger partial charge in [0.1, 0.15) is 17.5 Å². The standard InChI is InChI=1S/C25H31N5O3/c1-18(2)16-30-19(3)13-21(20(30)4)14-22(15-26)25(32)33-17-24(31)29-11-9-28(10-12-29)23-7-5-6-8-27-23/h5-8,13-14,18H,9-12,16-17H2,1-4H3/b22-14+. The summed E-state index contributed by atoms with van der Waals surface area (Å²) in [6.45, 7) is 11.1. The number of rotatable bonds is 7. The first kappa shape index (κ1) is 24.1. The van der Waals surface area contributed by atoms with E-state index in [0.717, 1.165) is 29.3 Å². The van der Waals surface area contributed by atoms with Gasteiger partial charge >= 0.3 is 5.97 Å². The van der Waals surface area contributed by atoms with Crippen LogP contribution in [0.15, 0.2) is 36.0 Å². The number of carbonyl (C=O) groups is 2. The fourth-order valence-electron chi connectivity index (χ4n) is 3.93. The van der Waals surface area contributed by atoms with Gasteiger partial charge in [0.25, 0.3) is 5.91 Å². The van der Waals surface area contributed by atoms with Gasteiger partial charge in [-0.25, -0.2) is 9.78 Å². The van der Waals surface area contributed by atoms with Crippen molar-refractivity contribution in [2.24, 2.45) is 5.92 Å². The Morgan fingerprint density at radius 2 is 1.94 bits per heavy atom. The summed E-state index contributed by atoms with van der Waals surface area (Å²) in [6.07, 6.45) is 3.28. The highest BCUT2D eigenvalue weighted by Gasteiger charge is 2.23. The average Bonchev–Trinajstić information content (AvgIpc) is 3.08. The number of piperazine rings is 1. The first-order valence-electron chi connectivity index (χ1n) is 11.2. The van der Waals surface area contributed by atoms with Crippen molar-refractivity contribution in [2.45, 2.75) is 34.2 Å². The minimum Gasteiger partial charge on any atom is -0.451 e. The van der Waals surface area contributed by atoms with E-state index in [1.807, 2.05) is 44.2 Å². The van der Waals surface area contributed by atoms with Crippen molar-refractivity contribution in [2.75, 3.05) is 37.7 Å². The second-order valence-corrected chi connectivity index (χ2v) is 8.63. The molecule has 0 saturated carbocycles. The first-order chi connectivity index (χ1) is 15.8. The van der Waals surface area contributed by atoms with Gasteiger partial charge in [0.15, 0.2) is 6.61 Å². The normalized spacial score (nSPS) is 14.4. The molecule has 8 heteroatoms. The molecule has 8 nitrogen and oxygen atoms in total. The predicted molar refractivity (Wildman–Crippen MR) is 126 cm³/mol. The Morgan fingerprint density at radius 3 is 2.55 bits per heavy atom. The Bertz CT molecular complexity index is 1060. The lowest BCUT2D eigenvalue weighted by atomic mass is 10.1. The third kappa shape index (κ3) is 6.01. The van der Waals surface area contributed by atoms with Crippen molar-refractivity contribution in [3.8, 4) is 6.07 Å². The molecule has 3 rings (SSSR count). The van der Waals surface area contributed by atoms with Crippen LogP contribution in [0, 0.1) is 31.1 Å². The first-order valence-corrected chi connectivity index (χ1v) is 11.2. The van der Waals surface area contributed by atoms with E-state index in [-0.39, 0.29) is 18.1 Å². The number of aryl methyl sites for hydroxylation is 1. The van der Waals surface area contributed by atoms with Gasteiger partial charge in [-0.15, -0.1) is 0 Å². The number of hydrogen-bond donors (Lipinski definition) is 0. The van der Waals surface area contributed by atoms with Crippen LogP contribution >= 0.6 is 0 Å². The van der Waals surface area contributed by atoms with Crippen LogP contribution in [-0.4, -0.2) is 59.1 Å². The van der Waals surface area contributed by atoms with Crippen LogP contribution < -0.4 is 4.90 Å². The third-order valence-electron chi connectivity index (χ3n) is 5.73. The summed E-state index contributed by atoms with van der Waals surface area (Å²) < 4.78 is 7.35. The van der Waals surface area contributed by atoms with Crippen molar-refractivity contribution < 1.29 is 14.3 Å². The number of esters is 1.